The molecule has 1 heterocycles. The van der Waals surface area contributed by atoms with Crippen molar-refractivity contribution < 1.29 is 19.0 Å². The average molecular weight is 237 g/mol. The van der Waals surface area contributed by atoms with Crippen molar-refractivity contribution in [3.8, 4) is 5.75 Å². The van der Waals surface area contributed by atoms with E-state index >= 15 is 0 Å². The molecule has 5 nitrogen and oxygen atoms in total. The van der Waals surface area contributed by atoms with E-state index in [2.05, 4.69) is 10.1 Å². The Morgan fingerprint density at radius 3 is 3.12 bits per heavy atom. The number of carbonyl (C=O) groups excluding carboxylic acids is 1. The molecule has 0 saturated carbocycles. The zero-order valence-corrected chi connectivity index (χ0v) is 9.86. The molecule has 1 aliphatic heterocycles. The van der Waals surface area contributed by atoms with E-state index in [1.807, 2.05) is 6.92 Å². The van der Waals surface area contributed by atoms with Crippen LogP contribution in [0.2, 0.25) is 0 Å². The first-order valence-corrected chi connectivity index (χ1v) is 5.49. The minimum absolute atomic E-state index is 0.281. The Bertz CT molecular complexity index is 419. The molecule has 1 aromatic carbocycles. The largest absolute Gasteiger partial charge is 0.465 e. The van der Waals surface area contributed by atoms with Crippen LogP contribution in [0.4, 0.5) is 5.69 Å². The second-order valence-corrected chi connectivity index (χ2v) is 3.59. The summed E-state index contributed by atoms with van der Waals surface area (Å²) in [5.41, 5.74) is 1.28. The standard InChI is InChI=1S/C12H15NO4/c1-3-16-11-7-13-9-6-8(12(14)15-2)4-5-10(9)17-11/h4-6,11,13H,3,7H2,1-2H3. The molecule has 2 rings (SSSR count). The van der Waals surface area contributed by atoms with Gasteiger partial charge in [0.05, 0.1) is 24.9 Å². The van der Waals surface area contributed by atoms with E-state index in [0.717, 1.165) is 5.69 Å². The summed E-state index contributed by atoms with van der Waals surface area (Å²) in [5, 5.41) is 3.16. The Morgan fingerprint density at radius 1 is 1.59 bits per heavy atom. The zero-order valence-electron chi connectivity index (χ0n) is 9.86. The van der Waals surface area contributed by atoms with Gasteiger partial charge in [0.25, 0.3) is 0 Å². The second-order valence-electron chi connectivity index (χ2n) is 3.59. The molecule has 0 aliphatic carbocycles. The summed E-state index contributed by atoms with van der Waals surface area (Å²) in [6.45, 7) is 3.08. The first-order chi connectivity index (χ1) is 8.24. The average Bonchev–Trinajstić information content (AvgIpc) is 2.37. The molecule has 0 radical (unpaired) electrons. The van der Waals surface area contributed by atoms with Crippen molar-refractivity contribution in [2.75, 3.05) is 25.6 Å². The lowest BCUT2D eigenvalue weighted by molar-refractivity contribution is -0.0686. The van der Waals surface area contributed by atoms with Crippen molar-refractivity contribution in [2.24, 2.45) is 0 Å². The molecule has 17 heavy (non-hydrogen) atoms. The highest BCUT2D eigenvalue weighted by atomic mass is 16.7. The molecule has 1 N–H and O–H groups in total. The third kappa shape index (κ3) is 2.50. The lowest BCUT2D eigenvalue weighted by Gasteiger charge is -2.27. The molecule has 0 saturated heterocycles. The normalized spacial score (nSPS) is 17.6. The van der Waals surface area contributed by atoms with Crippen LogP contribution in [0.25, 0.3) is 0 Å². The van der Waals surface area contributed by atoms with Gasteiger partial charge >= 0.3 is 5.97 Å². The van der Waals surface area contributed by atoms with Crippen LogP contribution in [0.5, 0.6) is 5.75 Å². The maximum atomic E-state index is 11.4. The number of rotatable bonds is 3. The van der Waals surface area contributed by atoms with Crippen LogP contribution in [0.15, 0.2) is 18.2 Å². The molecule has 0 bridgehead atoms. The van der Waals surface area contributed by atoms with E-state index in [1.165, 1.54) is 7.11 Å². The van der Waals surface area contributed by atoms with Gasteiger partial charge in [-0.3, -0.25) is 0 Å². The molecule has 0 spiro atoms. The van der Waals surface area contributed by atoms with Crippen molar-refractivity contribution in [1.82, 2.24) is 0 Å². The number of benzene rings is 1. The first-order valence-electron chi connectivity index (χ1n) is 5.49. The maximum absolute atomic E-state index is 11.4. The molecule has 0 aromatic heterocycles. The minimum Gasteiger partial charge on any atom is -0.465 e. The van der Waals surface area contributed by atoms with Crippen molar-refractivity contribution in [3.63, 3.8) is 0 Å². The third-order valence-corrected chi connectivity index (χ3v) is 2.47. The van der Waals surface area contributed by atoms with Crippen molar-refractivity contribution >= 4 is 11.7 Å². The van der Waals surface area contributed by atoms with Gasteiger partial charge in [0.1, 0.15) is 5.75 Å². The Balaban J connectivity index is 2.16. The Morgan fingerprint density at radius 2 is 2.41 bits per heavy atom. The van der Waals surface area contributed by atoms with Gasteiger partial charge in [-0.1, -0.05) is 0 Å². The highest BCUT2D eigenvalue weighted by Crippen LogP contribution is 2.30. The SMILES string of the molecule is CCOC1CNc2cc(C(=O)OC)ccc2O1. The van der Waals surface area contributed by atoms with Crippen LogP contribution >= 0.6 is 0 Å². The van der Waals surface area contributed by atoms with Gasteiger partial charge in [0, 0.05) is 6.61 Å². The molecule has 1 aliphatic rings. The Labute approximate surface area is 99.7 Å². The summed E-state index contributed by atoms with van der Waals surface area (Å²) in [6.07, 6.45) is -0.281. The van der Waals surface area contributed by atoms with E-state index in [9.17, 15) is 4.79 Å². The van der Waals surface area contributed by atoms with Crippen molar-refractivity contribution in [1.29, 1.82) is 0 Å². The number of fused-ring (bicyclic) bond motifs is 1. The van der Waals surface area contributed by atoms with Crippen LogP contribution in [0, 0.1) is 0 Å². The minimum atomic E-state index is -0.360. The lowest BCUT2D eigenvalue weighted by Crippen LogP contribution is -2.33. The van der Waals surface area contributed by atoms with Crippen LogP contribution in [0.1, 0.15) is 17.3 Å². The van der Waals surface area contributed by atoms with E-state index in [4.69, 9.17) is 9.47 Å². The third-order valence-electron chi connectivity index (χ3n) is 2.47. The zero-order chi connectivity index (χ0) is 12.3. The number of hydrogen-bond donors (Lipinski definition) is 1. The van der Waals surface area contributed by atoms with E-state index in [-0.39, 0.29) is 12.3 Å². The number of anilines is 1. The molecule has 1 atom stereocenters. The van der Waals surface area contributed by atoms with Crippen LogP contribution in [0.3, 0.4) is 0 Å². The van der Waals surface area contributed by atoms with Crippen molar-refractivity contribution in [3.05, 3.63) is 23.8 Å². The van der Waals surface area contributed by atoms with Gasteiger partial charge < -0.3 is 19.5 Å². The predicted octanol–water partition coefficient (Wildman–Crippen LogP) is 1.64. The summed E-state index contributed by atoms with van der Waals surface area (Å²) >= 11 is 0. The number of ether oxygens (including phenoxy) is 3. The molecule has 1 unspecified atom stereocenters. The molecular weight excluding hydrogens is 222 g/mol. The smallest absolute Gasteiger partial charge is 0.337 e. The summed E-state index contributed by atoms with van der Waals surface area (Å²) in [7, 11) is 1.36. The molecule has 0 amide bonds. The van der Waals surface area contributed by atoms with Gasteiger partial charge in [-0.05, 0) is 25.1 Å². The first kappa shape index (κ1) is 11.7. The maximum Gasteiger partial charge on any atom is 0.337 e. The summed E-state index contributed by atoms with van der Waals surface area (Å²) in [4.78, 5) is 11.4. The number of nitrogens with one attached hydrogen (secondary N) is 1. The lowest BCUT2D eigenvalue weighted by atomic mass is 10.1. The van der Waals surface area contributed by atoms with Crippen LogP contribution in [-0.4, -0.2) is 32.5 Å². The highest BCUT2D eigenvalue weighted by Gasteiger charge is 2.20. The van der Waals surface area contributed by atoms with Gasteiger partial charge in [0.15, 0.2) is 0 Å². The summed E-state index contributed by atoms with van der Waals surface area (Å²) < 4.78 is 15.6. The van der Waals surface area contributed by atoms with E-state index < -0.39 is 0 Å². The second kappa shape index (κ2) is 5.05. The summed E-state index contributed by atoms with van der Waals surface area (Å²) in [5.74, 6) is 0.323. The molecular formula is C12H15NO4. The number of carbonyl (C=O) groups is 1. The monoisotopic (exact) mass is 237 g/mol. The molecule has 5 heteroatoms. The highest BCUT2D eigenvalue weighted by molar-refractivity contribution is 5.91. The fourth-order valence-corrected chi connectivity index (χ4v) is 1.67. The quantitative estimate of drug-likeness (QED) is 0.810. The number of esters is 1. The van der Waals surface area contributed by atoms with Crippen LogP contribution < -0.4 is 10.1 Å². The number of methoxy groups -OCH3 is 1. The number of hydrogen-bond acceptors (Lipinski definition) is 5. The van der Waals surface area contributed by atoms with Crippen LogP contribution in [-0.2, 0) is 9.47 Å². The molecule has 0 fully saturated rings. The van der Waals surface area contributed by atoms with Gasteiger partial charge in [-0.15, -0.1) is 0 Å². The van der Waals surface area contributed by atoms with Crippen molar-refractivity contribution in [2.45, 2.75) is 13.2 Å². The summed E-state index contributed by atoms with van der Waals surface area (Å²) in [6, 6.07) is 5.11. The van der Waals surface area contributed by atoms with Gasteiger partial charge in [-0.2, -0.15) is 0 Å². The predicted molar refractivity (Wildman–Crippen MR) is 62.3 cm³/mol. The fourth-order valence-electron chi connectivity index (χ4n) is 1.67. The molecule has 92 valence electrons. The Kier molecular flexibility index (Phi) is 3.49. The van der Waals surface area contributed by atoms with Gasteiger partial charge in [-0.25, -0.2) is 4.79 Å². The Hall–Kier alpha value is -1.75. The molecule has 1 aromatic rings. The van der Waals surface area contributed by atoms with Gasteiger partial charge in [0.2, 0.25) is 6.29 Å². The van der Waals surface area contributed by atoms with E-state index in [1.54, 1.807) is 18.2 Å². The fraction of sp³-hybridized carbons (Fsp3) is 0.417. The van der Waals surface area contributed by atoms with E-state index in [0.29, 0.717) is 24.5 Å². The topological polar surface area (TPSA) is 56.8 Å².